The lowest BCUT2D eigenvalue weighted by Crippen LogP contribution is -2.15. The number of nitrogens with one attached hydrogen (secondary N) is 1. The van der Waals surface area contributed by atoms with E-state index >= 15 is 0 Å². The van der Waals surface area contributed by atoms with Gasteiger partial charge >= 0.3 is 0 Å². The van der Waals surface area contributed by atoms with Gasteiger partial charge in [-0.15, -0.1) is 0 Å². The monoisotopic (exact) mass is 284 g/mol. The molecule has 0 radical (unpaired) electrons. The molecule has 1 N–H and O–H groups in total. The van der Waals surface area contributed by atoms with Crippen LogP contribution in [0.1, 0.15) is 5.56 Å². The first-order valence-corrected chi connectivity index (χ1v) is 6.13. The molecule has 6 nitrogen and oxygen atoms in total. The lowest BCUT2D eigenvalue weighted by molar-refractivity contribution is -0.420. The summed E-state index contributed by atoms with van der Waals surface area (Å²) in [6.07, 6.45) is 4.19. The van der Waals surface area contributed by atoms with Gasteiger partial charge in [-0.25, -0.2) is 0 Å². The van der Waals surface area contributed by atoms with Crippen molar-refractivity contribution < 1.29 is 14.5 Å². The Hall–Kier alpha value is -3.02. The van der Waals surface area contributed by atoms with Crippen LogP contribution in [-0.4, -0.2) is 16.5 Å². The number of hydrogen-bond donors (Lipinski definition) is 1. The van der Waals surface area contributed by atoms with E-state index in [1.165, 1.54) is 0 Å². The van der Waals surface area contributed by atoms with Crippen molar-refractivity contribution in [2.24, 2.45) is 0 Å². The number of ketones is 2. The van der Waals surface area contributed by atoms with Gasteiger partial charge in [0.05, 0.1) is 11.1 Å². The molecule has 0 bridgehead atoms. The zero-order valence-electron chi connectivity index (χ0n) is 11.2. The first kappa shape index (κ1) is 14.4. The minimum absolute atomic E-state index is 0.230. The summed E-state index contributed by atoms with van der Waals surface area (Å²) in [7, 11) is 0. The van der Waals surface area contributed by atoms with E-state index in [0.29, 0.717) is 5.69 Å². The maximum atomic E-state index is 11.7. The number of allylic oxidation sites excluding steroid dienone is 4. The van der Waals surface area contributed by atoms with E-state index in [1.54, 1.807) is 12.1 Å². The fourth-order valence-electron chi connectivity index (χ4n) is 1.74. The maximum Gasteiger partial charge on any atom is 0.296 e. The van der Waals surface area contributed by atoms with Crippen LogP contribution in [0.15, 0.2) is 60.0 Å². The Balaban J connectivity index is 2.29. The highest BCUT2D eigenvalue weighted by Gasteiger charge is 2.25. The van der Waals surface area contributed by atoms with Crippen molar-refractivity contribution in [3.63, 3.8) is 0 Å². The van der Waals surface area contributed by atoms with Gasteiger partial charge in [0.25, 0.3) is 5.70 Å². The van der Waals surface area contributed by atoms with E-state index in [0.717, 1.165) is 30.0 Å². The van der Waals surface area contributed by atoms with Gasteiger partial charge in [0.15, 0.2) is 11.6 Å². The summed E-state index contributed by atoms with van der Waals surface area (Å²) >= 11 is 0. The number of anilines is 1. The van der Waals surface area contributed by atoms with E-state index in [-0.39, 0.29) is 5.57 Å². The SMILES string of the molecule is Cc1ccc(NC=C(C2=CC(=O)C=CC2=O)[N+](=O)[O-])cc1. The molecule has 0 fully saturated rings. The van der Waals surface area contributed by atoms with Crippen LogP contribution < -0.4 is 5.32 Å². The molecule has 21 heavy (non-hydrogen) atoms. The lowest BCUT2D eigenvalue weighted by Gasteiger charge is -2.06. The Kier molecular flexibility index (Phi) is 4.08. The Bertz CT molecular complexity index is 697. The number of nitro groups is 1. The molecule has 2 rings (SSSR count). The molecular weight excluding hydrogens is 272 g/mol. The Morgan fingerprint density at radius 2 is 1.86 bits per heavy atom. The van der Waals surface area contributed by atoms with Crippen LogP contribution in [0.3, 0.4) is 0 Å². The van der Waals surface area contributed by atoms with E-state index in [2.05, 4.69) is 5.32 Å². The summed E-state index contributed by atoms with van der Waals surface area (Å²) < 4.78 is 0. The molecule has 0 saturated heterocycles. The van der Waals surface area contributed by atoms with Gasteiger partial charge < -0.3 is 5.32 Å². The van der Waals surface area contributed by atoms with E-state index in [4.69, 9.17) is 0 Å². The van der Waals surface area contributed by atoms with Crippen LogP contribution in [-0.2, 0) is 9.59 Å². The van der Waals surface area contributed by atoms with E-state index in [1.807, 2.05) is 19.1 Å². The molecule has 1 aliphatic carbocycles. The van der Waals surface area contributed by atoms with Gasteiger partial charge in [0.2, 0.25) is 0 Å². The largest absolute Gasteiger partial charge is 0.356 e. The van der Waals surface area contributed by atoms with Crippen LogP contribution in [0.25, 0.3) is 0 Å². The summed E-state index contributed by atoms with van der Waals surface area (Å²) in [4.78, 5) is 33.3. The number of hydrogen-bond acceptors (Lipinski definition) is 5. The van der Waals surface area contributed by atoms with Crippen molar-refractivity contribution in [1.29, 1.82) is 0 Å². The molecule has 0 aliphatic heterocycles. The standard InChI is InChI=1S/C15H12N2O4/c1-10-2-4-11(5-3-10)16-9-14(17(20)21)13-8-12(18)6-7-15(13)19/h2-9,16H,1H3. The van der Waals surface area contributed by atoms with Gasteiger partial charge in [0, 0.05) is 11.8 Å². The zero-order valence-corrected chi connectivity index (χ0v) is 11.2. The Morgan fingerprint density at radius 1 is 1.19 bits per heavy atom. The van der Waals surface area contributed by atoms with Gasteiger partial charge in [-0.1, -0.05) is 17.7 Å². The molecule has 1 aliphatic rings. The lowest BCUT2D eigenvalue weighted by atomic mass is 10.0. The molecule has 0 heterocycles. The number of benzene rings is 1. The summed E-state index contributed by atoms with van der Waals surface area (Å²) in [6.45, 7) is 1.92. The molecule has 0 unspecified atom stereocenters. The fourth-order valence-corrected chi connectivity index (χ4v) is 1.74. The summed E-state index contributed by atoms with van der Waals surface area (Å²) in [5.74, 6) is -1.02. The summed E-state index contributed by atoms with van der Waals surface area (Å²) in [5, 5.41) is 13.8. The smallest absolute Gasteiger partial charge is 0.296 e. The zero-order chi connectivity index (χ0) is 15.4. The number of carbonyl (C=O) groups is 2. The summed E-state index contributed by atoms with van der Waals surface area (Å²) in [6, 6.07) is 7.20. The van der Waals surface area contributed by atoms with Crippen molar-refractivity contribution in [1.82, 2.24) is 0 Å². The number of nitrogens with zero attached hydrogens (tertiary/aromatic N) is 1. The van der Waals surface area contributed by atoms with Crippen LogP contribution in [0.4, 0.5) is 5.69 Å². The molecule has 6 heteroatoms. The third-order valence-corrected chi connectivity index (χ3v) is 2.85. The van der Waals surface area contributed by atoms with Gasteiger partial charge in [-0.3, -0.25) is 19.7 Å². The number of rotatable bonds is 4. The van der Waals surface area contributed by atoms with Gasteiger partial charge in [0.1, 0.15) is 5.57 Å². The van der Waals surface area contributed by atoms with Crippen LogP contribution in [0.5, 0.6) is 0 Å². The second-order valence-corrected chi connectivity index (χ2v) is 4.46. The Labute approximate surface area is 120 Å². The molecule has 0 amide bonds. The van der Waals surface area contributed by atoms with Crippen molar-refractivity contribution >= 4 is 17.3 Å². The Morgan fingerprint density at radius 3 is 2.48 bits per heavy atom. The van der Waals surface area contributed by atoms with E-state index in [9.17, 15) is 19.7 Å². The molecule has 1 aromatic carbocycles. The van der Waals surface area contributed by atoms with Crippen LogP contribution >= 0.6 is 0 Å². The fraction of sp³-hybridized carbons (Fsp3) is 0.0667. The quantitative estimate of drug-likeness (QED) is 0.520. The third kappa shape index (κ3) is 3.50. The second kappa shape index (κ2) is 5.96. The number of aryl methyl sites for hydroxylation is 1. The highest BCUT2D eigenvalue weighted by Crippen LogP contribution is 2.17. The second-order valence-electron chi connectivity index (χ2n) is 4.46. The van der Waals surface area contributed by atoms with Crippen molar-refractivity contribution in [2.45, 2.75) is 6.92 Å². The molecule has 1 aromatic rings. The average Bonchev–Trinajstić information content (AvgIpc) is 2.44. The predicted octanol–water partition coefficient (Wildman–Crippen LogP) is 2.16. The predicted molar refractivity (Wildman–Crippen MR) is 77.1 cm³/mol. The van der Waals surface area contributed by atoms with Crippen molar-refractivity contribution in [3.05, 3.63) is 75.6 Å². The average molecular weight is 284 g/mol. The van der Waals surface area contributed by atoms with Gasteiger partial charge in [-0.05, 0) is 31.2 Å². The van der Waals surface area contributed by atoms with Crippen LogP contribution in [0.2, 0.25) is 0 Å². The van der Waals surface area contributed by atoms with Crippen molar-refractivity contribution in [2.75, 3.05) is 5.32 Å². The molecule has 106 valence electrons. The van der Waals surface area contributed by atoms with Crippen LogP contribution in [0, 0.1) is 17.0 Å². The maximum absolute atomic E-state index is 11.7. The minimum atomic E-state index is -0.697. The first-order chi connectivity index (χ1) is 9.97. The molecule has 0 spiro atoms. The van der Waals surface area contributed by atoms with Gasteiger partial charge in [-0.2, -0.15) is 0 Å². The third-order valence-electron chi connectivity index (χ3n) is 2.85. The summed E-state index contributed by atoms with van der Waals surface area (Å²) in [5.41, 5.74) is 1.02. The topological polar surface area (TPSA) is 89.3 Å². The normalized spacial score (nSPS) is 14.9. The molecular formula is C15H12N2O4. The highest BCUT2D eigenvalue weighted by molar-refractivity contribution is 6.19. The first-order valence-electron chi connectivity index (χ1n) is 6.13. The number of carbonyl (C=O) groups excluding carboxylic acids is 2. The molecule has 0 aromatic heterocycles. The minimum Gasteiger partial charge on any atom is -0.356 e. The van der Waals surface area contributed by atoms with E-state index < -0.39 is 22.2 Å². The highest BCUT2D eigenvalue weighted by atomic mass is 16.6. The van der Waals surface area contributed by atoms with Crippen molar-refractivity contribution in [3.8, 4) is 0 Å². The molecule has 0 atom stereocenters. The molecule has 0 saturated carbocycles.